The number of ether oxygens (including phenoxy) is 1. The van der Waals surface area contributed by atoms with E-state index in [1.807, 2.05) is 0 Å². The lowest BCUT2D eigenvalue weighted by molar-refractivity contribution is 0.0996. The first-order valence-corrected chi connectivity index (χ1v) is 4.41. The highest BCUT2D eigenvalue weighted by molar-refractivity contribution is 9.10. The summed E-state index contributed by atoms with van der Waals surface area (Å²) in [4.78, 5) is 15.0. The zero-order valence-electron chi connectivity index (χ0n) is 7.49. The molecule has 0 atom stereocenters. The Morgan fingerprint density at radius 2 is 2.36 bits per heavy atom. The highest BCUT2D eigenvalue weighted by atomic mass is 79.9. The van der Waals surface area contributed by atoms with Crippen molar-refractivity contribution in [3.05, 3.63) is 22.4 Å². The molecule has 14 heavy (non-hydrogen) atoms. The van der Waals surface area contributed by atoms with Crippen molar-refractivity contribution >= 4 is 34.1 Å². The Kier molecular flexibility index (Phi) is 5.68. The quantitative estimate of drug-likeness (QED) is 0.851. The van der Waals surface area contributed by atoms with E-state index in [0.717, 1.165) is 0 Å². The van der Waals surface area contributed by atoms with Gasteiger partial charge in [0.25, 0.3) is 0 Å². The largest absolute Gasteiger partial charge is 0.495 e. The standard InChI is InChI=1S/C8H9BrN2O2.ClH/c1-13-8-2-6(7(12)3-10)11-4-5(8)9;/h2,4H,3,10H2,1H3;1H. The summed E-state index contributed by atoms with van der Waals surface area (Å²) < 4.78 is 5.71. The summed E-state index contributed by atoms with van der Waals surface area (Å²) in [7, 11) is 1.52. The molecule has 2 N–H and O–H groups in total. The zero-order chi connectivity index (χ0) is 9.84. The van der Waals surface area contributed by atoms with Crippen LogP contribution in [0, 0.1) is 0 Å². The molecule has 0 aliphatic rings. The van der Waals surface area contributed by atoms with Gasteiger partial charge in [-0.1, -0.05) is 0 Å². The van der Waals surface area contributed by atoms with Crippen molar-refractivity contribution in [2.75, 3.05) is 13.7 Å². The molecule has 1 aromatic rings. The van der Waals surface area contributed by atoms with Gasteiger partial charge in [-0.3, -0.25) is 9.78 Å². The molecule has 1 heterocycles. The summed E-state index contributed by atoms with van der Waals surface area (Å²) in [6.07, 6.45) is 1.52. The van der Waals surface area contributed by atoms with Gasteiger partial charge in [0.1, 0.15) is 11.4 Å². The molecule has 0 amide bonds. The maximum absolute atomic E-state index is 11.1. The third-order valence-corrected chi connectivity index (χ3v) is 2.11. The van der Waals surface area contributed by atoms with Gasteiger partial charge in [-0.15, -0.1) is 12.4 Å². The summed E-state index contributed by atoms with van der Waals surface area (Å²) >= 11 is 3.23. The molecule has 6 heteroatoms. The maximum atomic E-state index is 11.1. The number of ketones is 1. The van der Waals surface area contributed by atoms with Crippen molar-refractivity contribution in [2.45, 2.75) is 0 Å². The number of hydrogen-bond acceptors (Lipinski definition) is 4. The fourth-order valence-electron chi connectivity index (χ4n) is 0.834. The second-order valence-corrected chi connectivity index (χ2v) is 3.19. The predicted molar refractivity (Wildman–Crippen MR) is 59.1 cm³/mol. The van der Waals surface area contributed by atoms with Crippen LogP contribution in [0.3, 0.4) is 0 Å². The average molecular weight is 282 g/mol. The number of nitrogens with zero attached hydrogens (tertiary/aromatic N) is 1. The SMILES string of the molecule is COc1cc(C(=O)CN)ncc1Br.Cl. The van der Waals surface area contributed by atoms with Crippen molar-refractivity contribution in [3.63, 3.8) is 0 Å². The second kappa shape index (κ2) is 5.95. The van der Waals surface area contributed by atoms with Crippen LogP contribution in [0.5, 0.6) is 5.75 Å². The molecule has 0 aromatic carbocycles. The first-order valence-electron chi connectivity index (χ1n) is 3.62. The molecular formula is C8H10BrClN2O2. The Morgan fingerprint density at radius 1 is 1.71 bits per heavy atom. The normalized spacial score (nSPS) is 9.07. The van der Waals surface area contributed by atoms with E-state index in [4.69, 9.17) is 10.5 Å². The van der Waals surface area contributed by atoms with E-state index in [-0.39, 0.29) is 24.7 Å². The van der Waals surface area contributed by atoms with Crippen molar-refractivity contribution < 1.29 is 9.53 Å². The first-order chi connectivity index (χ1) is 6.19. The Balaban J connectivity index is 0.00000169. The smallest absolute Gasteiger partial charge is 0.194 e. The highest BCUT2D eigenvalue weighted by Gasteiger charge is 2.08. The first kappa shape index (κ1) is 13.4. The van der Waals surface area contributed by atoms with Crippen LogP contribution in [0.4, 0.5) is 0 Å². The molecule has 1 rings (SSSR count). The summed E-state index contributed by atoms with van der Waals surface area (Å²) in [5.74, 6) is 0.373. The van der Waals surface area contributed by atoms with Crippen molar-refractivity contribution in [2.24, 2.45) is 5.73 Å². The summed E-state index contributed by atoms with van der Waals surface area (Å²) in [5.41, 5.74) is 5.51. The second-order valence-electron chi connectivity index (χ2n) is 2.33. The van der Waals surface area contributed by atoms with Crippen LogP contribution in [0.25, 0.3) is 0 Å². The molecule has 0 unspecified atom stereocenters. The third-order valence-electron chi connectivity index (χ3n) is 1.51. The van der Waals surface area contributed by atoms with Crippen LogP contribution in [0.15, 0.2) is 16.7 Å². The van der Waals surface area contributed by atoms with Gasteiger partial charge < -0.3 is 10.5 Å². The van der Waals surface area contributed by atoms with Crippen molar-refractivity contribution in [1.82, 2.24) is 4.98 Å². The van der Waals surface area contributed by atoms with Crippen molar-refractivity contribution in [1.29, 1.82) is 0 Å². The van der Waals surface area contributed by atoms with E-state index in [1.165, 1.54) is 13.3 Å². The number of nitrogens with two attached hydrogens (primary N) is 1. The summed E-state index contributed by atoms with van der Waals surface area (Å²) in [6, 6.07) is 1.55. The van der Waals surface area contributed by atoms with Crippen LogP contribution >= 0.6 is 28.3 Å². The lowest BCUT2D eigenvalue weighted by Gasteiger charge is -2.03. The number of rotatable bonds is 3. The highest BCUT2D eigenvalue weighted by Crippen LogP contribution is 2.23. The Bertz CT molecular complexity index is 333. The fourth-order valence-corrected chi connectivity index (χ4v) is 1.21. The molecule has 1 aromatic heterocycles. The minimum atomic E-state index is -0.203. The van der Waals surface area contributed by atoms with Crippen LogP contribution in [0.2, 0.25) is 0 Å². The van der Waals surface area contributed by atoms with Gasteiger partial charge in [-0.05, 0) is 15.9 Å². The molecule has 0 spiro atoms. The Morgan fingerprint density at radius 3 is 2.86 bits per heavy atom. The number of pyridine rings is 1. The van der Waals surface area contributed by atoms with E-state index >= 15 is 0 Å². The summed E-state index contributed by atoms with van der Waals surface area (Å²) in [5, 5.41) is 0. The third kappa shape index (κ3) is 2.94. The average Bonchev–Trinajstić information content (AvgIpc) is 2.17. The van der Waals surface area contributed by atoms with Gasteiger partial charge >= 0.3 is 0 Å². The van der Waals surface area contributed by atoms with E-state index in [9.17, 15) is 4.79 Å². The predicted octanol–water partition coefficient (Wildman–Crippen LogP) is 1.42. The van der Waals surface area contributed by atoms with E-state index < -0.39 is 0 Å². The Hall–Kier alpha value is -0.650. The molecular weight excluding hydrogens is 271 g/mol. The number of halogens is 2. The molecule has 0 bridgehead atoms. The number of carbonyl (C=O) groups excluding carboxylic acids is 1. The fraction of sp³-hybridized carbons (Fsp3) is 0.250. The lowest BCUT2D eigenvalue weighted by Crippen LogP contribution is -2.15. The molecule has 0 aliphatic heterocycles. The number of hydrogen-bond donors (Lipinski definition) is 1. The van der Waals surface area contributed by atoms with Gasteiger partial charge in [-0.25, -0.2) is 0 Å². The van der Waals surface area contributed by atoms with Gasteiger partial charge in [-0.2, -0.15) is 0 Å². The minimum absolute atomic E-state index is 0. The number of methoxy groups -OCH3 is 1. The van der Waals surface area contributed by atoms with Crippen LogP contribution in [-0.2, 0) is 0 Å². The Labute approximate surface area is 96.4 Å². The maximum Gasteiger partial charge on any atom is 0.194 e. The van der Waals surface area contributed by atoms with Gasteiger partial charge in [0, 0.05) is 12.3 Å². The zero-order valence-corrected chi connectivity index (χ0v) is 9.89. The van der Waals surface area contributed by atoms with E-state index in [0.29, 0.717) is 15.9 Å². The van der Waals surface area contributed by atoms with Crippen LogP contribution in [-0.4, -0.2) is 24.4 Å². The number of Topliss-reactive ketones (excluding diaryl/α,β-unsaturated/α-hetero) is 1. The molecule has 0 saturated heterocycles. The number of carbonyl (C=O) groups is 1. The minimum Gasteiger partial charge on any atom is -0.495 e. The topological polar surface area (TPSA) is 65.2 Å². The molecule has 0 fully saturated rings. The monoisotopic (exact) mass is 280 g/mol. The van der Waals surface area contributed by atoms with Gasteiger partial charge in [0.05, 0.1) is 18.1 Å². The lowest BCUT2D eigenvalue weighted by atomic mass is 10.2. The molecule has 78 valence electrons. The molecule has 4 nitrogen and oxygen atoms in total. The van der Waals surface area contributed by atoms with Crippen molar-refractivity contribution in [3.8, 4) is 5.75 Å². The van der Waals surface area contributed by atoms with E-state index in [1.54, 1.807) is 6.07 Å². The van der Waals surface area contributed by atoms with Crippen LogP contribution < -0.4 is 10.5 Å². The van der Waals surface area contributed by atoms with Gasteiger partial charge in [0.15, 0.2) is 5.78 Å². The molecule has 0 radical (unpaired) electrons. The molecule has 0 aliphatic carbocycles. The summed E-state index contributed by atoms with van der Waals surface area (Å²) in [6.45, 7) is -0.0439. The molecule has 0 saturated carbocycles. The van der Waals surface area contributed by atoms with Crippen LogP contribution in [0.1, 0.15) is 10.5 Å². The van der Waals surface area contributed by atoms with Gasteiger partial charge in [0.2, 0.25) is 0 Å². The number of aromatic nitrogens is 1. The van der Waals surface area contributed by atoms with E-state index in [2.05, 4.69) is 20.9 Å².